The zero-order valence-corrected chi connectivity index (χ0v) is 26.4. The number of nitrogens with zero attached hydrogens (tertiary/aromatic N) is 1. The van der Waals surface area contributed by atoms with Crippen LogP contribution in [0.2, 0.25) is 5.02 Å². The molecule has 2 bridgehead atoms. The van der Waals surface area contributed by atoms with Gasteiger partial charge in [-0.2, -0.15) is 0 Å². The van der Waals surface area contributed by atoms with E-state index >= 15 is 0 Å². The number of carbonyl (C=O) groups is 1. The van der Waals surface area contributed by atoms with Crippen molar-refractivity contribution in [3.05, 3.63) is 64.7 Å². The topological polar surface area (TPSA) is 97.0 Å². The highest BCUT2D eigenvalue weighted by Crippen LogP contribution is 2.43. The number of rotatable bonds is 1. The first-order valence-electron chi connectivity index (χ1n) is 15.5. The lowest BCUT2D eigenvalue weighted by Gasteiger charge is -2.43. The minimum absolute atomic E-state index is 0.00260. The van der Waals surface area contributed by atoms with E-state index in [9.17, 15) is 13.2 Å². The van der Waals surface area contributed by atoms with Crippen LogP contribution >= 0.6 is 11.6 Å². The molecule has 3 atom stereocenters. The Bertz CT molecular complexity index is 1470. The molecule has 2 fully saturated rings. The summed E-state index contributed by atoms with van der Waals surface area (Å²) in [6, 6.07) is 10.9. The molecule has 10 heteroatoms. The van der Waals surface area contributed by atoms with Crippen molar-refractivity contribution in [3.63, 3.8) is 0 Å². The molecular weight excluding hydrogens is 586 g/mol. The molecule has 2 aromatic rings. The third-order valence-electron chi connectivity index (χ3n) is 9.95. The van der Waals surface area contributed by atoms with Gasteiger partial charge < -0.3 is 19.7 Å². The molecule has 0 radical (unpaired) electrons. The number of nitrogens with one attached hydrogen (secondary N) is 2. The van der Waals surface area contributed by atoms with Crippen molar-refractivity contribution in [1.29, 1.82) is 0 Å². The summed E-state index contributed by atoms with van der Waals surface area (Å²) in [6.45, 7) is 2.91. The molecule has 43 heavy (non-hydrogen) atoms. The first-order chi connectivity index (χ1) is 20.8. The zero-order chi connectivity index (χ0) is 30.0. The summed E-state index contributed by atoms with van der Waals surface area (Å²) in [6.07, 6.45) is 11.4. The number of hydrogen-bond donors (Lipinski definition) is 2. The lowest BCUT2D eigenvalue weighted by atomic mass is 9.68. The fourth-order valence-corrected chi connectivity index (χ4v) is 8.28. The number of methoxy groups -OCH3 is 1. The number of fused-ring (bicyclic) bond motifs is 3. The number of sulfonamides is 1. The Balaban J connectivity index is 1.39. The maximum atomic E-state index is 13.7. The number of anilines is 1. The molecule has 4 aliphatic rings. The van der Waals surface area contributed by atoms with Crippen LogP contribution < -0.4 is 19.7 Å². The first kappa shape index (κ1) is 30.4. The fraction of sp³-hybridized carbons (Fsp3) is 0.545. The monoisotopic (exact) mass is 627 g/mol. The number of carbonyl (C=O) groups excluding carboxylic acids is 1. The van der Waals surface area contributed by atoms with Crippen molar-refractivity contribution in [2.75, 3.05) is 38.2 Å². The molecule has 0 saturated heterocycles. The van der Waals surface area contributed by atoms with Crippen molar-refractivity contribution in [3.8, 4) is 5.75 Å². The molecule has 0 unspecified atom stereocenters. The first-order valence-corrected chi connectivity index (χ1v) is 17.4. The third-order valence-corrected chi connectivity index (χ3v) is 11.5. The van der Waals surface area contributed by atoms with E-state index in [1.807, 2.05) is 18.2 Å². The van der Waals surface area contributed by atoms with Gasteiger partial charge in [-0.15, -0.1) is 0 Å². The lowest BCUT2D eigenvalue weighted by Crippen LogP contribution is -2.52. The van der Waals surface area contributed by atoms with Crippen LogP contribution in [0.15, 0.2) is 53.4 Å². The molecule has 8 nitrogen and oxygen atoms in total. The third kappa shape index (κ3) is 6.46. The molecule has 2 aliphatic heterocycles. The van der Waals surface area contributed by atoms with Crippen LogP contribution in [0, 0.1) is 17.3 Å². The summed E-state index contributed by atoms with van der Waals surface area (Å²) in [5.41, 5.74) is 2.27. The van der Waals surface area contributed by atoms with Crippen LogP contribution in [0.3, 0.4) is 0 Å². The quantitative estimate of drug-likeness (QED) is 0.418. The largest absolute Gasteiger partial charge is 0.487 e. The standard InChI is InChI=1S/C33H42ClN3O5S/c1-41-30-7-4-16-35-22-33(14-5-15-33)32(38)36-43(39,40)27-11-13-31-29(19-27)37(20-24-9-12-28(24)30)17-3-2-6-23-18-26(34)10-8-25(23)21-42-31/h4,7-8,10-11,13,18-19,24,28,30,35H,2-3,5-6,9,12,14-17,20-22H2,1H3,(H,36,38)/b7-4+/t24-,28+,30+/m0/s1. The van der Waals surface area contributed by atoms with Crippen molar-refractivity contribution in [2.45, 2.75) is 69.0 Å². The highest BCUT2D eigenvalue weighted by molar-refractivity contribution is 7.90. The second-order valence-corrected chi connectivity index (χ2v) is 14.7. The van der Waals surface area contributed by atoms with Crippen LogP contribution in [0.1, 0.15) is 56.1 Å². The minimum atomic E-state index is -4.09. The maximum Gasteiger partial charge on any atom is 0.264 e. The van der Waals surface area contributed by atoms with Gasteiger partial charge in [0, 0.05) is 38.3 Å². The van der Waals surface area contributed by atoms with E-state index in [-0.39, 0.29) is 11.0 Å². The van der Waals surface area contributed by atoms with Gasteiger partial charge in [0.2, 0.25) is 5.91 Å². The molecule has 2 aliphatic carbocycles. The number of benzene rings is 2. The predicted octanol–water partition coefficient (Wildman–Crippen LogP) is 5.24. The van der Waals surface area contributed by atoms with Crippen molar-refractivity contribution in [1.82, 2.24) is 10.0 Å². The van der Waals surface area contributed by atoms with Crippen LogP contribution in [0.25, 0.3) is 0 Å². The molecule has 0 aromatic heterocycles. The molecule has 232 valence electrons. The van der Waals surface area contributed by atoms with Crippen LogP contribution in [0.5, 0.6) is 5.75 Å². The molecule has 2 saturated carbocycles. The summed E-state index contributed by atoms with van der Waals surface area (Å²) in [4.78, 5) is 15.8. The van der Waals surface area contributed by atoms with Gasteiger partial charge in [-0.3, -0.25) is 4.79 Å². The van der Waals surface area contributed by atoms with Crippen LogP contribution in [0.4, 0.5) is 5.69 Å². The van der Waals surface area contributed by atoms with E-state index in [1.165, 1.54) is 5.56 Å². The van der Waals surface area contributed by atoms with Gasteiger partial charge in [0.15, 0.2) is 0 Å². The zero-order valence-electron chi connectivity index (χ0n) is 24.8. The number of halogens is 1. The summed E-state index contributed by atoms with van der Waals surface area (Å²) in [5, 5.41) is 4.08. The Morgan fingerprint density at radius 1 is 1.07 bits per heavy atom. The molecule has 1 amide bonds. The van der Waals surface area contributed by atoms with Crippen LogP contribution in [-0.2, 0) is 32.6 Å². The Hall–Kier alpha value is -2.59. The molecule has 2 N–H and O–H groups in total. The van der Waals surface area contributed by atoms with E-state index in [1.54, 1.807) is 25.3 Å². The number of aryl methyl sites for hydroxylation is 1. The van der Waals surface area contributed by atoms with Gasteiger partial charge in [-0.05, 0) is 98.2 Å². The summed E-state index contributed by atoms with van der Waals surface area (Å²) >= 11 is 6.33. The van der Waals surface area contributed by atoms with Gasteiger partial charge in [-0.1, -0.05) is 36.2 Å². The Labute approximate surface area is 260 Å². The van der Waals surface area contributed by atoms with E-state index in [4.69, 9.17) is 21.1 Å². The van der Waals surface area contributed by atoms with E-state index in [2.05, 4.69) is 27.1 Å². The van der Waals surface area contributed by atoms with Gasteiger partial charge >= 0.3 is 0 Å². The molecule has 2 aromatic carbocycles. The normalized spacial score (nSPS) is 27.9. The molecule has 2 heterocycles. The summed E-state index contributed by atoms with van der Waals surface area (Å²) in [5.74, 6) is 0.960. The number of hydrogen-bond acceptors (Lipinski definition) is 7. The molecule has 6 rings (SSSR count). The summed E-state index contributed by atoms with van der Waals surface area (Å²) in [7, 11) is -2.32. The average Bonchev–Trinajstić information content (AvgIpc) is 2.97. The second kappa shape index (κ2) is 12.8. The smallest absolute Gasteiger partial charge is 0.264 e. The van der Waals surface area contributed by atoms with Gasteiger partial charge in [0.05, 0.1) is 22.1 Å². The van der Waals surface area contributed by atoms with Gasteiger partial charge in [0.25, 0.3) is 10.0 Å². The average molecular weight is 628 g/mol. The lowest BCUT2D eigenvalue weighted by molar-refractivity contribution is -0.133. The van der Waals surface area contributed by atoms with Gasteiger partial charge in [-0.25, -0.2) is 13.1 Å². The Morgan fingerprint density at radius 2 is 1.93 bits per heavy atom. The number of ether oxygens (including phenoxy) is 2. The highest BCUT2D eigenvalue weighted by Gasteiger charge is 2.45. The van der Waals surface area contributed by atoms with Crippen molar-refractivity contribution < 1.29 is 22.7 Å². The predicted molar refractivity (Wildman–Crippen MR) is 168 cm³/mol. The SMILES string of the molecule is CO[C@@H]1/C=C/CNCC2(CCC2)C(=O)NS(=O)(=O)c2ccc3c(c2)N(CCCCc2cc(Cl)ccc2CO3)C[C@@H]2CC[C@H]21. The molecule has 1 spiro atoms. The number of amides is 1. The van der Waals surface area contributed by atoms with Crippen molar-refractivity contribution >= 4 is 33.2 Å². The minimum Gasteiger partial charge on any atom is -0.487 e. The Kier molecular flexibility index (Phi) is 9.06. The second-order valence-electron chi connectivity index (χ2n) is 12.6. The van der Waals surface area contributed by atoms with E-state index in [0.29, 0.717) is 55.1 Å². The fourth-order valence-electron chi connectivity index (χ4n) is 6.99. The maximum absolute atomic E-state index is 13.7. The highest BCUT2D eigenvalue weighted by atomic mass is 35.5. The van der Waals surface area contributed by atoms with Crippen LogP contribution in [-0.4, -0.2) is 53.7 Å². The Morgan fingerprint density at radius 3 is 2.67 bits per heavy atom. The van der Waals surface area contributed by atoms with E-state index in [0.717, 1.165) is 62.9 Å². The van der Waals surface area contributed by atoms with E-state index < -0.39 is 21.3 Å². The summed E-state index contributed by atoms with van der Waals surface area (Å²) < 4.78 is 42.1. The van der Waals surface area contributed by atoms with Gasteiger partial charge in [0.1, 0.15) is 12.4 Å². The molecular formula is C33H42ClN3O5S. The van der Waals surface area contributed by atoms with Crippen molar-refractivity contribution in [2.24, 2.45) is 17.3 Å².